The number of benzene rings is 12. The van der Waals surface area contributed by atoms with Crippen molar-refractivity contribution in [2.45, 2.75) is 0 Å². The second-order valence-electron chi connectivity index (χ2n) is 19.5. The van der Waals surface area contributed by atoms with E-state index in [1.807, 2.05) is 45.3 Å². The lowest BCUT2D eigenvalue weighted by Gasteiger charge is -2.26. The zero-order chi connectivity index (χ0) is 49.8. The molecule has 0 N–H and O–H groups in total. The first-order valence-corrected chi connectivity index (χ1v) is 28.9. The van der Waals surface area contributed by atoms with Gasteiger partial charge < -0.3 is 9.80 Å². The van der Waals surface area contributed by atoms with Crippen LogP contribution in [0.1, 0.15) is 0 Å². The Kier molecular flexibility index (Phi) is 10.1. The summed E-state index contributed by atoms with van der Waals surface area (Å²) in [6.45, 7) is 0. The molecular weight excluding hydrogens is 997 g/mol. The fourth-order valence-electron chi connectivity index (χ4n) is 11.7. The van der Waals surface area contributed by atoms with Gasteiger partial charge in [0.1, 0.15) is 0 Å². The van der Waals surface area contributed by atoms with Crippen molar-refractivity contribution in [1.82, 2.24) is 0 Å². The van der Waals surface area contributed by atoms with Gasteiger partial charge >= 0.3 is 0 Å². The number of rotatable bonds is 8. The molecule has 0 aliphatic heterocycles. The lowest BCUT2D eigenvalue weighted by Crippen LogP contribution is -2.09. The summed E-state index contributed by atoms with van der Waals surface area (Å²) in [5.74, 6) is 0. The van der Waals surface area contributed by atoms with E-state index >= 15 is 0 Å². The maximum atomic E-state index is 2.47. The Morgan fingerprint density at radius 1 is 0.197 bits per heavy atom. The van der Waals surface area contributed by atoms with E-state index < -0.39 is 0 Å². The van der Waals surface area contributed by atoms with Gasteiger partial charge in [-0.3, -0.25) is 0 Å². The van der Waals surface area contributed by atoms with Crippen LogP contribution in [0.4, 0.5) is 34.1 Å². The van der Waals surface area contributed by atoms with Crippen molar-refractivity contribution in [2.75, 3.05) is 9.80 Å². The van der Waals surface area contributed by atoms with Crippen LogP contribution in [0.2, 0.25) is 0 Å². The van der Waals surface area contributed by atoms with Gasteiger partial charge in [0.2, 0.25) is 0 Å². The first-order chi connectivity index (χ1) is 37.7. The number of hydrogen-bond donors (Lipinski definition) is 0. The Bertz CT molecular complexity index is 4620. The first kappa shape index (κ1) is 43.7. The first-order valence-electron chi connectivity index (χ1n) is 25.6. The third-order valence-electron chi connectivity index (χ3n) is 15.3. The van der Waals surface area contributed by atoms with Crippen LogP contribution in [0.5, 0.6) is 0 Å². The monoisotopic (exact) mass is 1040 g/mol. The van der Waals surface area contributed by atoms with Crippen molar-refractivity contribution in [3.8, 4) is 22.3 Å². The molecule has 16 rings (SSSR count). The summed E-state index contributed by atoms with van der Waals surface area (Å²) < 4.78 is 10.4. The summed E-state index contributed by atoms with van der Waals surface area (Å²) in [6, 6.07) is 94.3. The lowest BCUT2D eigenvalue weighted by molar-refractivity contribution is 1.31. The maximum absolute atomic E-state index is 2.47. The highest BCUT2D eigenvalue weighted by Crippen LogP contribution is 2.51. The van der Waals surface area contributed by atoms with Gasteiger partial charge in [-0.2, -0.15) is 0 Å². The van der Waals surface area contributed by atoms with Crippen molar-refractivity contribution in [3.05, 3.63) is 255 Å². The molecule has 0 aliphatic carbocycles. The highest BCUT2D eigenvalue weighted by molar-refractivity contribution is 7.28. The molecular formula is C70H42N2S4. The molecule has 0 fully saturated rings. The van der Waals surface area contributed by atoms with E-state index in [9.17, 15) is 0 Å². The smallest absolute Gasteiger partial charge is 0.0640 e. The molecule has 0 amide bonds. The summed E-state index contributed by atoms with van der Waals surface area (Å²) in [6.07, 6.45) is 0. The molecule has 0 radical (unpaired) electrons. The summed E-state index contributed by atoms with van der Waals surface area (Å²) in [5, 5.41) is 13.0. The Morgan fingerprint density at radius 2 is 0.500 bits per heavy atom. The van der Waals surface area contributed by atoms with Crippen LogP contribution in [-0.4, -0.2) is 0 Å². The van der Waals surface area contributed by atoms with Crippen LogP contribution < -0.4 is 9.80 Å². The van der Waals surface area contributed by atoms with Gasteiger partial charge in [0, 0.05) is 105 Å². The van der Waals surface area contributed by atoms with Gasteiger partial charge in [-0.15, -0.1) is 45.3 Å². The minimum Gasteiger partial charge on any atom is -0.309 e. The molecule has 0 bridgehead atoms. The Hall–Kier alpha value is -8.62. The quantitative estimate of drug-likeness (QED) is 0.150. The van der Waals surface area contributed by atoms with Crippen molar-refractivity contribution in [3.63, 3.8) is 0 Å². The molecule has 4 heterocycles. The zero-order valence-corrected chi connectivity index (χ0v) is 44.0. The Morgan fingerprint density at radius 3 is 0.934 bits per heavy atom. The predicted octanol–water partition coefficient (Wildman–Crippen LogP) is 22.6. The molecule has 0 saturated heterocycles. The van der Waals surface area contributed by atoms with Crippen molar-refractivity contribution in [1.29, 1.82) is 0 Å². The number of thiophene rings is 4. The molecule has 0 saturated carbocycles. The SMILES string of the molecule is c1ccc(-c2ccc(N(c3ccc4c(c3)sc3c4ccc4c3ccc3c5ccc(N(c6ccc(-c7ccccc7)cc6)c6cccc7c6sc6ccccc67)cc5sc34)c3cccc4c3sc3ccccc34)cc2)cc1. The second kappa shape index (κ2) is 17.5. The largest absolute Gasteiger partial charge is 0.309 e. The second-order valence-corrected chi connectivity index (χ2v) is 23.8. The van der Waals surface area contributed by atoms with Gasteiger partial charge in [-0.05, 0) is 95.1 Å². The number of fused-ring (bicyclic) bond motifs is 15. The van der Waals surface area contributed by atoms with E-state index in [0.29, 0.717) is 0 Å². The van der Waals surface area contributed by atoms with Gasteiger partial charge in [0.25, 0.3) is 0 Å². The van der Waals surface area contributed by atoms with Gasteiger partial charge in [-0.1, -0.05) is 182 Å². The molecule has 0 spiro atoms. The zero-order valence-electron chi connectivity index (χ0n) is 40.8. The van der Waals surface area contributed by atoms with E-state index in [4.69, 9.17) is 0 Å². The lowest BCUT2D eigenvalue weighted by atomic mass is 10.0. The molecule has 4 aromatic heterocycles. The Balaban J connectivity index is 0.825. The van der Waals surface area contributed by atoms with Crippen LogP contribution in [0.25, 0.3) is 114 Å². The highest BCUT2D eigenvalue weighted by Gasteiger charge is 2.23. The minimum absolute atomic E-state index is 1.13. The molecule has 16 aromatic rings. The molecule has 6 heteroatoms. The van der Waals surface area contributed by atoms with Crippen LogP contribution in [0.3, 0.4) is 0 Å². The van der Waals surface area contributed by atoms with Gasteiger partial charge in [0.15, 0.2) is 0 Å². The maximum Gasteiger partial charge on any atom is 0.0640 e. The van der Waals surface area contributed by atoms with E-state index in [0.717, 1.165) is 22.7 Å². The predicted molar refractivity (Wildman–Crippen MR) is 336 cm³/mol. The summed E-state index contributed by atoms with van der Waals surface area (Å²) in [4.78, 5) is 4.93. The molecule has 0 atom stereocenters. The molecule has 356 valence electrons. The topological polar surface area (TPSA) is 6.48 Å². The minimum atomic E-state index is 1.13. The number of anilines is 6. The van der Waals surface area contributed by atoms with E-state index in [-0.39, 0.29) is 0 Å². The average Bonchev–Trinajstić information content (AvgIpc) is 4.30. The molecule has 0 aliphatic rings. The van der Waals surface area contributed by atoms with Crippen molar-refractivity contribution in [2.24, 2.45) is 0 Å². The summed E-state index contributed by atoms with van der Waals surface area (Å²) >= 11 is 7.58. The number of hydrogen-bond acceptors (Lipinski definition) is 6. The van der Waals surface area contributed by atoms with Crippen LogP contribution >= 0.6 is 45.3 Å². The third-order valence-corrected chi connectivity index (χ3v) is 20.1. The highest BCUT2D eigenvalue weighted by atomic mass is 32.1. The fraction of sp³-hybridized carbons (Fsp3) is 0. The van der Waals surface area contributed by atoms with Gasteiger partial charge in [-0.25, -0.2) is 0 Å². The molecule has 2 nitrogen and oxygen atoms in total. The van der Waals surface area contributed by atoms with Gasteiger partial charge in [0.05, 0.1) is 20.8 Å². The van der Waals surface area contributed by atoms with Crippen LogP contribution in [-0.2, 0) is 0 Å². The van der Waals surface area contributed by atoms with Crippen LogP contribution in [0.15, 0.2) is 255 Å². The average molecular weight is 1040 g/mol. The third kappa shape index (κ3) is 6.96. The van der Waals surface area contributed by atoms with E-state index in [1.54, 1.807) is 0 Å². The molecule has 76 heavy (non-hydrogen) atoms. The number of nitrogens with zero attached hydrogens (tertiary/aromatic N) is 2. The molecule has 0 unspecified atom stereocenters. The van der Waals surface area contributed by atoms with Crippen LogP contribution in [0, 0.1) is 0 Å². The normalized spacial score (nSPS) is 11.9. The summed E-state index contributed by atoms with van der Waals surface area (Å²) in [5.41, 5.74) is 11.8. The van der Waals surface area contributed by atoms with Crippen molar-refractivity contribution < 1.29 is 0 Å². The molecule has 12 aromatic carbocycles. The van der Waals surface area contributed by atoms with Crippen molar-refractivity contribution >= 4 is 171 Å². The standard InChI is InChI=1S/C70H42N2S4/c1-3-13-43(14-4-1)45-25-29-47(30-26-45)71(61-21-11-19-55-51-17-7-9-23-63(51)73-69(55)61)49-33-35-53-57-37-39-60-59(67(57)75-65(53)41-49)40-38-58-54-36-34-50(42-66(54)76-68(58)60)72(48-31-27-46(28-32-48)44-15-5-2-6-16-44)62-22-12-20-56-52-18-8-10-24-64(52)74-70(56)62/h1-42H. The summed E-state index contributed by atoms with van der Waals surface area (Å²) in [7, 11) is 0. The van der Waals surface area contributed by atoms with E-state index in [1.165, 1.54) is 125 Å². The van der Waals surface area contributed by atoms with E-state index in [2.05, 4.69) is 265 Å². The fourth-order valence-corrected chi connectivity index (χ4v) is 16.6. The Labute approximate surface area is 454 Å².